The number of fused-ring (bicyclic) bond motifs is 3. The lowest BCUT2D eigenvalue weighted by atomic mass is 10.1. The molecule has 0 atom stereocenters. The van der Waals surface area contributed by atoms with Crippen LogP contribution in [0.4, 0.5) is 5.82 Å². The quantitative estimate of drug-likeness (QED) is 0.430. The smallest absolute Gasteiger partial charge is 0.164 e. The second kappa shape index (κ2) is 7.33. The summed E-state index contributed by atoms with van der Waals surface area (Å²) in [5.41, 5.74) is 3.23. The summed E-state index contributed by atoms with van der Waals surface area (Å²) in [5, 5.41) is 23.8. The van der Waals surface area contributed by atoms with Crippen molar-refractivity contribution in [2.45, 2.75) is 25.7 Å². The zero-order valence-corrected chi connectivity index (χ0v) is 16.5. The van der Waals surface area contributed by atoms with Crippen LogP contribution in [0.25, 0.3) is 21.6 Å². The van der Waals surface area contributed by atoms with Gasteiger partial charge in [-0.05, 0) is 61.1 Å². The zero-order chi connectivity index (χ0) is 19.8. The molecule has 3 heterocycles. The molecule has 146 valence electrons. The highest BCUT2D eigenvalue weighted by Gasteiger charge is 2.22. The number of thiophene rings is 1. The van der Waals surface area contributed by atoms with Crippen molar-refractivity contribution in [1.82, 2.24) is 15.0 Å². The number of hydrogen-bond donors (Lipinski definition) is 3. The van der Waals surface area contributed by atoms with E-state index in [9.17, 15) is 10.2 Å². The summed E-state index contributed by atoms with van der Waals surface area (Å²) in [4.78, 5) is 16.3. The van der Waals surface area contributed by atoms with Crippen LogP contribution < -0.4 is 5.32 Å². The van der Waals surface area contributed by atoms with Crippen molar-refractivity contribution in [2.24, 2.45) is 0 Å². The molecule has 0 saturated heterocycles. The molecule has 3 aromatic heterocycles. The van der Waals surface area contributed by atoms with Crippen molar-refractivity contribution in [2.75, 3.05) is 11.9 Å². The lowest BCUT2D eigenvalue weighted by molar-refractivity contribution is 0.403. The predicted molar refractivity (Wildman–Crippen MR) is 115 cm³/mol. The molecular weight excluding hydrogens is 384 g/mol. The van der Waals surface area contributed by atoms with Crippen molar-refractivity contribution >= 4 is 27.4 Å². The van der Waals surface area contributed by atoms with Gasteiger partial charge in [0.05, 0.1) is 5.39 Å². The number of aromatic hydroxyl groups is 2. The monoisotopic (exact) mass is 404 g/mol. The van der Waals surface area contributed by atoms with Crippen LogP contribution in [0.3, 0.4) is 0 Å². The first-order valence-electron chi connectivity index (χ1n) is 9.66. The highest BCUT2D eigenvalue weighted by atomic mass is 32.1. The van der Waals surface area contributed by atoms with E-state index in [4.69, 9.17) is 9.97 Å². The van der Waals surface area contributed by atoms with Gasteiger partial charge >= 0.3 is 0 Å². The summed E-state index contributed by atoms with van der Waals surface area (Å²) in [6.45, 7) is 0.660. The Hall–Kier alpha value is -3.19. The first kappa shape index (κ1) is 17.9. The molecule has 0 spiro atoms. The van der Waals surface area contributed by atoms with Crippen molar-refractivity contribution in [3.63, 3.8) is 0 Å². The summed E-state index contributed by atoms with van der Waals surface area (Å²) in [6, 6.07) is 8.78. The second-order valence-electron chi connectivity index (χ2n) is 7.17. The van der Waals surface area contributed by atoms with E-state index in [1.54, 1.807) is 29.8 Å². The molecule has 1 aliphatic rings. The number of aryl methyl sites for hydroxylation is 2. The predicted octanol–water partition coefficient (Wildman–Crippen LogP) is 4.31. The van der Waals surface area contributed by atoms with Crippen LogP contribution in [0, 0.1) is 0 Å². The minimum atomic E-state index is -0.103. The zero-order valence-electron chi connectivity index (χ0n) is 15.7. The number of phenols is 2. The third-order valence-electron chi connectivity index (χ3n) is 5.23. The summed E-state index contributed by atoms with van der Waals surface area (Å²) in [5.74, 6) is 1.34. The maximum atomic E-state index is 9.70. The molecule has 0 aliphatic heterocycles. The van der Waals surface area contributed by atoms with Gasteiger partial charge in [-0.25, -0.2) is 9.97 Å². The van der Waals surface area contributed by atoms with E-state index in [2.05, 4.69) is 10.3 Å². The van der Waals surface area contributed by atoms with Gasteiger partial charge in [-0.15, -0.1) is 11.3 Å². The van der Waals surface area contributed by atoms with Crippen LogP contribution in [-0.4, -0.2) is 31.7 Å². The molecule has 0 bridgehead atoms. The number of phenolic OH excluding ortho intramolecular Hbond substituents is 2. The number of benzene rings is 1. The number of hydrogen-bond acceptors (Lipinski definition) is 7. The van der Waals surface area contributed by atoms with E-state index in [-0.39, 0.29) is 11.5 Å². The Kier molecular flexibility index (Phi) is 4.52. The third kappa shape index (κ3) is 3.38. The molecule has 3 N–H and O–H groups in total. The fourth-order valence-electron chi connectivity index (χ4n) is 3.80. The van der Waals surface area contributed by atoms with Gasteiger partial charge in [0.15, 0.2) is 17.3 Å². The third-order valence-corrected chi connectivity index (χ3v) is 6.42. The van der Waals surface area contributed by atoms with Crippen molar-refractivity contribution in [1.29, 1.82) is 0 Å². The molecular formula is C22H20N4O2S. The van der Waals surface area contributed by atoms with E-state index >= 15 is 0 Å². The fourth-order valence-corrected chi connectivity index (χ4v) is 5.06. The average Bonchev–Trinajstić information content (AvgIpc) is 3.32. The molecule has 6 nitrogen and oxygen atoms in total. The Bertz CT molecular complexity index is 1190. The first-order chi connectivity index (χ1) is 14.2. The Morgan fingerprint density at radius 1 is 1.07 bits per heavy atom. The van der Waals surface area contributed by atoms with E-state index in [1.165, 1.54) is 22.9 Å². The Morgan fingerprint density at radius 3 is 2.83 bits per heavy atom. The van der Waals surface area contributed by atoms with Crippen LogP contribution in [-0.2, 0) is 19.3 Å². The number of aromatic nitrogens is 3. The van der Waals surface area contributed by atoms with Crippen LogP contribution in [0.2, 0.25) is 0 Å². The number of nitrogens with one attached hydrogen (secondary N) is 1. The molecule has 4 aromatic rings. The van der Waals surface area contributed by atoms with Gasteiger partial charge in [0.2, 0.25) is 0 Å². The topological polar surface area (TPSA) is 91.2 Å². The van der Waals surface area contributed by atoms with Crippen LogP contribution >= 0.6 is 11.3 Å². The molecule has 0 radical (unpaired) electrons. The summed E-state index contributed by atoms with van der Waals surface area (Å²) in [6.07, 6.45) is 7.61. The van der Waals surface area contributed by atoms with Gasteiger partial charge in [-0.2, -0.15) is 0 Å². The molecule has 0 saturated carbocycles. The summed E-state index contributed by atoms with van der Waals surface area (Å²) in [7, 11) is 0. The van der Waals surface area contributed by atoms with E-state index in [0.29, 0.717) is 18.8 Å². The van der Waals surface area contributed by atoms with Crippen LogP contribution in [0.1, 0.15) is 22.4 Å². The lowest BCUT2D eigenvalue weighted by Crippen LogP contribution is -2.08. The Balaban J connectivity index is 1.48. The summed E-state index contributed by atoms with van der Waals surface area (Å²) < 4.78 is 0. The van der Waals surface area contributed by atoms with Gasteiger partial charge < -0.3 is 15.5 Å². The first-order valence-corrected chi connectivity index (χ1v) is 10.5. The van der Waals surface area contributed by atoms with E-state index in [0.717, 1.165) is 40.0 Å². The lowest BCUT2D eigenvalue weighted by Gasteiger charge is -2.11. The molecule has 0 unspecified atom stereocenters. The molecule has 7 heteroatoms. The normalized spacial score (nSPS) is 13.0. The largest absolute Gasteiger partial charge is 0.504 e. The Labute approximate surface area is 171 Å². The molecule has 1 aromatic carbocycles. The van der Waals surface area contributed by atoms with Crippen molar-refractivity contribution in [3.8, 4) is 22.9 Å². The van der Waals surface area contributed by atoms with Crippen LogP contribution in [0.15, 0.2) is 42.7 Å². The highest BCUT2D eigenvalue weighted by Crippen LogP contribution is 2.40. The minimum Gasteiger partial charge on any atom is -0.504 e. The van der Waals surface area contributed by atoms with Crippen molar-refractivity contribution < 1.29 is 10.2 Å². The SMILES string of the molecule is Oc1ccc(CCNc2nc(-c3cccnc3)nc3sc4c(c23)CCC4)cc1O. The Morgan fingerprint density at radius 2 is 2.00 bits per heavy atom. The van der Waals surface area contributed by atoms with Gasteiger partial charge in [0, 0.05) is 29.4 Å². The van der Waals surface area contributed by atoms with Crippen LogP contribution in [0.5, 0.6) is 11.5 Å². The maximum absolute atomic E-state index is 9.70. The molecule has 0 amide bonds. The van der Waals surface area contributed by atoms with E-state index in [1.807, 2.05) is 18.2 Å². The van der Waals surface area contributed by atoms with Gasteiger partial charge in [0.25, 0.3) is 0 Å². The fraction of sp³-hybridized carbons (Fsp3) is 0.227. The maximum Gasteiger partial charge on any atom is 0.164 e. The number of rotatable bonds is 5. The van der Waals surface area contributed by atoms with E-state index < -0.39 is 0 Å². The van der Waals surface area contributed by atoms with Gasteiger partial charge in [0.1, 0.15) is 10.6 Å². The molecule has 5 rings (SSSR count). The van der Waals surface area contributed by atoms with Crippen molar-refractivity contribution in [3.05, 3.63) is 58.7 Å². The number of nitrogens with zero attached hydrogens (tertiary/aromatic N) is 3. The second-order valence-corrected chi connectivity index (χ2v) is 8.26. The highest BCUT2D eigenvalue weighted by molar-refractivity contribution is 7.19. The standard InChI is InChI=1S/C22H20N4O2S/c27-16-7-6-13(11-17(16)28)8-10-24-21-19-15-4-1-5-18(15)29-22(19)26-20(25-21)14-3-2-9-23-12-14/h2-3,6-7,9,11-12,27-28H,1,4-5,8,10H2,(H,24,25,26). The number of pyridine rings is 1. The molecule has 1 aliphatic carbocycles. The summed E-state index contributed by atoms with van der Waals surface area (Å²) >= 11 is 1.77. The minimum absolute atomic E-state index is 0.0959. The van der Waals surface area contributed by atoms with Gasteiger partial charge in [-0.1, -0.05) is 6.07 Å². The molecule has 29 heavy (non-hydrogen) atoms. The number of anilines is 1. The molecule has 0 fully saturated rings. The average molecular weight is 404 g/mol. The van der Waals surface area contributed by atoms with Gasteiger partial charge in [-0.3, -0.25) is 4.98 Å².